The summed E-state index contributed by atoms with van der Waals surface area (Å²) >= 11 is 2.31. The molecular weight excluding hydrogens is 331 g/mol. The number of rotatable bonds is 1. The molecule has 6 heteroatoms. The summed E-state index contributed by atoms with van der Waals surface area (Å²) in [5, 5.41) is 4.60. The van der Waals surface area contributed by atoms with Crippen LogP contribution >= 0.6 is 22.6 Å². The lowest BCUT2D eigenvalue weighted by atomic mass is 10.4. The van der Waals surface area contributed by atoms with Gasteiger partial charge in [-0.25, -0.2) is 9.50 Å². The fourth-order valence-corrected chi connectivity index (χ4v) is 2.63. The predicted molar refractivity (Wildman–Crippen MR) is 73.5 cm³/mol. The summed E-state index contributed by atoms with van der Waals surface area (Å²) in [4.78, 5) is 6.70. The Kier molecular flexibility index (Phi) is 2.91. The Morgan fingerprint density at radius 1 is 1.35 bits per heavy atom. The van der Waals surface area contributed by atoms with Crippen molar-refractivity contribution in [3.63, 3.8) is 0 Å². The first-order valence-electron chi connectivity index (χ1n) is 5.59. The van der Waals surface area contributed by atoms with Gasteiger partial charge in [-0.1, -0.05) is 0 Å². The van der Waals surface area contributed by atoms with E-state index in [0.717, 1.165) is 47.0 Å². The molecule has 0 bridgehead atoms. The minimum absolute atomic E-state index is 0.777. The lowest BCUT2D eigenvalue weighted by Gasteiger charge is -2.27. The maximum absolute atomic E-state index is 5.35. The van der Waals surface area contributed by atoms with Crippen LogP contribution in [-0.4, -0.2) is 40.9 Å². The lowest BCUT2D eigenvalue weighted by molar-refractivity contribution is 0.122. The Labute approximate surface area is 113 Å². The predicted octanol–water partition coefficient (Wildman–Crippen LogP) is 1.48. The minimum atomic E-state index is 0.777. The van der Waals surface area contributed by atoms with Crippen LogP contribution in [-0.2, 0) is 4.74 Å². The molecule has 17 heavy (non-hydrogen) atoms. The van der Waals surface area contributed by atoms with E-state index in [1.807, 2.05) is 17.6 Å². The lowest BCUT2D eigenvalue weighted by Crippen LogP contribution is -2.37. The molecule has 2 aromatic heterocycles. The van der Waals surface area contributed by atoms with E-state index in [1.54, 1.807) is 0 Å². The Morgan fingerprint density at radius 3 is 2.88 bits per heavy atom. The third-order valence-corrected chi connectivity index (χ3v) is 3.62. The molecule has 90 valence electrons. The summed E-state index contributed by atoms with van der Waals surface area (Å²) in [6.45, 7) is 5.35. The van der Waals surface area contributed by atoms with Crippen LogP contribution in [0.15, 0.2) is 12.3 Å². The molecule has 0 spiro atoms. The molecule has 1 aliphatic rings. The number of fused-ring (bicyclic) bond motifs is 1. The van der Waals surface area contributed by atoms with E-state index in [-0.39, 0.29) is 0 Å². The number of halogens is 1. The van der Waals surface area contributed by atoms with E-state index in [1.165, 1.54) is 0 Å². The number of imidazole rings is 1. The van der Waals surface area contributed by atoms with Gasteiger partial charge in [-0.3, -0.25) is 0 Å². The van der Waals surface area contributed by atoms with Crippen LogP contribution in [0.25, 0.3) is 5.65 Å². The molecule has 1 aliphatic heterocycles. The van der Waals surface area contributed by atoms with Gasteiger partial charge in [0.15, 0.2) is 11.5 Å². The molecule has 3 rings (SSSR count). The molecule has 0 atom stereocenters. The first kappa shape index (κ1) is 11.2. The average molecular weight is 344 g/mol. The second kappa shape index (κ2) is 4.41. The summed E-state index contributed by atoms with van der Waals surface area (Å²) in [5.41, 5.74) is 1.93. The van der Waals surface area contributed by atoms with Crippen molar-refractivity contribution in [2.24, 2.45) is 0 Å². The minimum Gasteiger partial charge on any atom is -0.378 e. The summed E-state index contributed by atoms with van der Waals surface area (Å²) < 4.78 is 8.35. The number of aryl methyl sites for hydroxylation is 1. The first-order chi connectivity index (χ1) is 8.24. The van der Waals surface area contributed by atoms with Gasteiger partial charge < -0.3 is 9.64 Å². The second-order valence-electron chi connectivity index (χ2n) is 4.10. The van der Waals surface area contributed by atoms with E-state index >= 15 is 0 Å². The van der Waals surface area contributed by atoms with Crippen molar-refractivity contribution in [3.05, 3.63) is 21.5 Å². The molecule has 0 amide bonds. The quantitative estimate of drug-likeness (QED) is 0.735. The maximum Gasteiger partial charge on any atom is 0.167 e. The SMILES string of the molecule is Cc1cn2nc(N3CCOCC3)cc(I)c2n1. The van der Waals surface area contributed by atoms with Crippen molar-refractivity contribution in [1.29, 1.82) is 0 Å². The fraction of sp³-hybridized carbons (Fsp3) is 0.455. The first-order valence-corrected chi connectivity index (χ1v) is 6.67. The highest BCUT2D eigenvalue weighted by Crippen LogP contribution is 2.19. The fourth-order valence-electron chi connectivity index (χ4n) is 1.99. The van der Waals surface area contributed by atoms with Crippen LogP contribution in [0.4, 0.5) is 5.82 Å². The average Bonchev–Trinajstić information content (AvgIpc) is 2.71. The summed E-state index contributed by atoms with van der Waals surface area (Å²) in [5.74, 6) is 1.00. The van der Waals surface area contributed by atoms with Crippen LogP contribution in [0.1, 0.15) is 5.69 Å². The van der Waals surface area contributed by atoms with Crippen molar-refractivity contribution < 1.29 is 4.74 Å². The van der Waals surface area contributed by atoms with Gasteiger partial charge in [0.05, 0.1) is 28.7 Å². The van der Waals surface area contributed by atoms with E-state index in [4.69, 9.17) is 4.74 Å². The molecule has 0 saturated carbocycles. The normalized spacial score (nSPS) is 16.7. The standard InChI is InChI=1S/C11H13IN4O/c1-8-7-16-11(13-8)9(12)6-10(14-16)15-2-4-17-5-3-15/h6-7H,2-5H2,1H3. The Bertz CT molecular complexity index is 548. The Morgan fingerprint density at radius 2 is 2.12 bits per heavy atom. The van der Waals surface area contributed by atoms with Gasteiger partial charge in [0.1, 0.15) is 0 Å². The zero-order chi connectivity index (χ0) is 11.8. The molecular formula is C11H13IN4O. The number of nitrogens with zero attached hydrogens (tertiary/aromatic N) is 4. The highest BCUT2D eigenvalue weighted by Gasteiger charge is 2.15. The molecule has 0 aliphatic carbocycles. The van der Waals surface area contributed by atoms with Gasteiger partial charge in [-0.2, -0.15) is 0 Å². The van der Waals surface area contributed by atoms with Crippen LogP contribution in [0, 0.1) is 10.5 Å². The van der Waals surface area contributed by atoms with Crippen LogP contribution in [0.3, 0.4) is 0 Å². The highest BCUT2D eigenvalue weighted by molar-refractivity contribution is 14.1. The van der Waals surface area contributed by atoms with Crippen molar-refractivity contribution in [1.82, 2.24) is 14.6 Å². The van der Waals surface area contributed by atoms with Gasteiger partial charge in [0.2, 0.25) is 0 Å². The second-order valence-corrected chi connectivity index (χ2v) is 5.26. The largest absolute Gasteiger partial charge is 0.378 e. The van der Waals surface area contributed by atoms with Crippen LogP contribution in [0.5, 0.6) is 0 Å². The Hall–Kier alpha value is -0.890. The van der Waals surface area contributed by atoms with E-state index in [9.17, 15) is 0 Å². The molecule has 1 fully saturated rings. The van der Waals surface area contributed by atoms with Crippen molar-refractivity contribution in [3.8, 4) is 0 Å². The third kappa shape index (κ3) is 2.11. The van der Waals surface area contributed by atoms with Gasteiger partial charge in [-0.05, 0) is 35.6 Å². The molecule has 5 nitrogen and oxygen atoms in total. The number of aromatic nitrogens is 3. The summed E-state index contributed by atoms with van der Waals surface area (Å²) in [7, 11) is 0. The molecule has 0 aromatic carbocycles. The summed E-state index contributed by atoms with van der Waals surface area (Å²) in [6, 6.07) is 2.09. The van der Waals surface area contributed by atoms with Crippen LogP contribution in [0.2, 0.25) is 0 Å². The molecule has 0 N–H and O–H groups in total. The van der Waals surface area contributed by atoms with E-state index < -0.39 is 0 Å². The number of hydrogen-bond acceptors (Lipinski definition) is 4. The number of hydrogen-bond donors (Lipinski definition) is 0. The van der Waals surface area contributed by atoms with Crippen LogP contribution < -0.4 is 4.90 Å². The summed E-state index contributed by atoms with van der Waals surface area (Å²) in [6.07, 6.45) is 1.96. The maximum atomic E-state index is 5.35. The van der Waals surface area contributed by atoms with Crippen molar-refractivity contribution in [2.45, 2.75) is 6.92 Å². The molecule has 1 saturated heterocycles. The molecule has 3 heterocycles. The topological polar surface area (TPSA) is 42.7 Å². The van der Waals surface area contributed by atoms with E-state index in [2.05, 4.69) is 43.6 Å². The molecule has 0 radical (unpaired) electrons. The zero-order valence-electron chi connectivity index (χ0n) is 9.56. The number of anilines is 1. The smallest absolute Gasteiger partial charge is 0.167 e. The Balaban J connectivity index is 2.04. The number of morpholine rings is 1. The molecule has 2 aromatic rings. The van der Waals surface area contributed by atoms with Gasteiger partial charge >= 0.3 is 0 Å². The van der Waals surface area contributed by atoms with Gasteiger partial charge in [0.25, 0.3) is 0 Å². The highest BCUT2D eigenvalue weighted by atomic mass is 127. The van der Waals surface area contributed by atoms with Crippen molar-refractivity contribution >= 4 is 34.1 Å². The third-order valence-electron chi connectivity index (χ3n) is 2.82. The monoisotopic (exact) mass is 344 g/mol. The zero-order valence-corrected chi connectivity index (χ0v) is 11.7. The molecule has 0 unspecified atom stereocenters. The number of ether oxygens (including phenoxy) is 1. The van der Waals surface area contributed by atoms with Gasteiger partial charge in [-0.15, -0.1) is 5.10 Å². The van der Waals surface area contributed by atoms with Gasteiger partial charge in [0, 0.05) is 13.1 Å². The van der Waals surface area contributed by atoms with Crippen molar-refractivity contribution in [2.75, 3.05) is 31.2 Å². The van der Waals surface area contributed by atoms with E-state index in [0.29, 0.717) is 0 Å².